The maximum Gasteiger partial charge on any atom is 0.214 e. The normalized spacial score (nSPS) is 10.5. The smallest absolute Gasteiger partial charge is 0.214 e. The lowest BCUT2D eigenvalue weighted by molar-refractivity contribution is -0.116. The summed E-state index contributed by atoms with van der Waals surface area (Å²) in [5, 5.41) is 0. The van der Waals surface area contributed by atoms with Crippen LogP contribution >= 0.6 is 0 Å². The lowest BCUT2D eigenvalue weighted by Crippen LogP contribution is -2.28. The topological polar surface area (TPSA) is 23.6 Å². The van der Waals surface area contributed by atoms with Gasteiger partial charge in [-0.15, -0.1) is 6.58 Å². The molecule has 0 rings (SSSR count). The molecule has 0 saturated carbocycles. The monoisotopic (exact) mass is 376 g/mol. The number of nitrogens with zero attached hydrogens (tertiary/aromatic N) is 2. The SMILES string of the molecule is C=C/C(C)=C(\C=C)N(C=O)C/C(=C/C)N(C)/C=C\CC.C=CC.CC.CC. The van der Waals surface area contributed by atoms with Crippen LogP contribution in [-0.2, 0) is 4.79 Å². The molecule has 0 aromatic rings. The Balaban J connectivity index is -0.000000331. The van der Waals surface area contributed by atoms with Gasteiger partial charge in [-0.05, 0) is 45.0 Å². The highest BCUT2D eigenvalue weighted by Gasteiger charge is 2.11. The fourth-order valence-corrected chi connectivity index (χ4v) is 1.73. The van der Waals surface area contributed by atoms with Gasteiger partial charge in [0.15, 0.2) is 0 Å². The summed E-state index contributed by atoms with van der Waals surface area (Å²) in [5.74, 6) is 0. The molecule has 0 aromatic carbocycles. The van der Waals surface area contributed by atoms with Crippen molar-refractivity contribution in [3.63, 3.8) is 0 Å². The van der Waals surface area contributed by atoms with Gasteiger partial charge >= 0.3 is 0 Å². The summed E-state index contributed by atoms with van der Waals surface area (Å²) in [6.07, 6.45) is 13.0. The third-order valence-corrected chi connectivity index (χ3v) is 3.02. The molecule has 156 valence electrons. The molecule has 0 bridgehead atoms. The van der Waals surface area contributed by atoms with E-state index in [1.807, 2.05) is 72.7 Å². The molecule has 3 nitrogen and oxygen atoms in total. The number of rotatable bonds is 9. The molecule has 0 saturated heterocycles. The highest BCUT2D eigenvalue weighted by Crippen LogP contribution is 2.14. The minimum absolute atomic E-state index is 0.497. The van der Waals surface area contributed by atoms with E-state index in [4.69, 9.17) is 0 Å². The minimum Gasteiger partial charge on any atom is -0.353 e. The molecule has 0 aliphatic carbocycles. The summed E-state index contributed by atoms with van der Waals surface area (Å²) in [5.41, 5.74) is 2.74. The molecule has 0 heterocycles. The lowest BCUT2D eigenvalue weighted by atomic mass is 10.2. The molecule has 27 heavy (non-hydrogen) atoms. The fourth-order valence-electron chi connectivity index (χ4n) is 1.73. The van der Waals surface area contributed by atoms with E-state index < -0.39 is 0 Å². The Labute approximate surface area is 170 Å². The Morgan fingerprint density at radius 3 is 1.78 bits per heavy atom. The summed E-state index contributed by atoms with van der Waals surface area (Å²) in [4.78, 5) is 15.0. The quantitative estimate of drug-likeness (QED) is 0.243. The zero-order chi connectivity index (χ0) is 22.3. The Hall–Kier alpha value is -2.29. The van der Waals surface area contributed by atoms with Crippen molar-refractivity contribution < 1.29 is 4.79 Å². The zero-order valence-corrected chi connectivity index (χ0v) is 19.4. The standard InChI is InChI=1S/C17H26N2O.C3H6.2C2H6/c1-7-11-12-18(6)16(9-3)13-19(14-20)17(10-4)15(5)8-2;1-3-2;2*1-2/h8-12,14H,2,4,7,13H2,1,3,5-6H3;3H,1H2,2H3;2*1-2H3/b12-11-,16-9-,17-15+;;;. The zero-order valence-electron chi connectivity index (χ0n) is 19.4. The summed E-state index contributed by atoms with van der Waals surface area (Å²) in [6.45, 7) is 27.2. The van der Waals surface area contributed by atoms with E-state index in [2.05, 4.69) is 32.7 Å². The van der Waals surface area contributed by atoms with Crippen LogP contribution in [0.4, 0.5) is 0 Å². The number of hydrogen-bond donors (Lipinski definition) is 0. The van der Waals surface area contributed by atoms with Gasteiger partial charge in [0.25, 0.3) is 0 Å². The van der Waals surface area contributed by atoms with Crippen molar-refractivity contribution in [3.8, 4) is 0 Å². The first kappa shape index (κ1) is 32.4. The summed E-state index contributed by atoms with van der Waals surface area (Å²) in [6, 6.07) is 0. The number of carbonyl (C=O) groups excluding carboxylic acids is 1. The van der Waals surface area contributed by atoms with E-state index >= 15 is 0 Å². The van der Waals surface area contributed by atoms with E-state index in [0.29, 0.717) is 6.54 Å². The second-order valence-corrected chi connectivity index (χ2v) is 4.80. The van der Waals surface area contributed by atoms with Gasteiger partial charge in [0.2, 0.25) is 6.41 Å². The van der Waals surface area contributed by atoms with Gasteiger partial charge in [-0.3, -0.25) is 4.79 Å². The van der Waals surface area contributed by atoms with Gasteiger partial charge in [0.1, 0.15) is 0 Å². The van der Waals surface area contributed by atoms with Gasteiger partial charge in [0, 0.05) is 18.4 Å². The summed E-state index contributed by atoms with van der Waals surface area (Å²) < 4.78 is 0. The summed E-state index contributed by atoms with van der Waals surface area (Å²) >= 11 is 0. The number of amides is 1. The molecule has 0 aliphatic heterocycles. The second-order valence-electron chi connectivity index (χ2n) is 4.80. The summed E-state index contributed by atoms with van der Waals surface area (Å²) in [7, 11) is 1.97. The van der Waals surface area contributed by atoms with Crippen LogP contribution in [0.15, 0.2) is 73.3 Å². The first-order valence-electron chi connectivity index (χ1n) is 9.76. The molecule has 0 atom stereocenters. The van der Waals surface area contributed by atoms with Crippen molar-refractivity contribution in [3.05, 3.63) is 73.3 Å². The molecule has 0 fully saturated rings. The van der Waals surface area contributed by atoms with Crippen molar-refractivity contribution in [2.45, 2.75) is 61.8 Å². The molecule has 0 spiro atoms. The van der Waals surface area contributed by atoms with E-state index in [0.717, 1.165) is 29.8 Å². The molecular formula is C24H44N2O. The molecule has 3 heteroatoms. The van der Waals surface area contributed by atoms with Crippen LogP contribution in [-0.4, -0.2) is 29.8 Å². The molecule has 0 radical (unpaired) electrons. The van der Waals surface area contributed by atoms with Crippen molar-refractivity contribution >= 4 is 6.41 Å². The number of allylic oxidation sites excluding steroid dienone is 6. The minimum atomic E-state index is 0.497. The maximum atomic E-state index is 11.4. The van der Waals surface area contributed by atoms with Gasteiger partial charge in [-0.1, -0.05) is 72.1 Å². The van der Waals surface area contributed by atoms with E-state index in [1.165, 1.54) is 0 Å². The third-order valence-electron chi connectivity index (χ3n) is 3.02. The van der Waals surface area contributed by atoms with Crippen molar-refractivity contribution in [2.75, 3.05) is 13.6 Å². The Morgan fingerprint density at radius 2 is 1.48 bits per heavy atom. The van der Waals surface area contributed by atoms with Gasteiger partial charge in [0.05, 0.1) is 6.54 Å². The Morgan fingerprint density at radius 1 is 1.00 bits per heavy atom. The average molecular weight is 377 g/mol. The molecular weight excluding hydrogens is 332 g/mol. The first-order valence-corrected chi connectivity index (χ1v) is 9.76. The Bertz CT molecular complexity index is 471. The molecule has 0 unspecified atom stereocenters. The van der Waals surface area contributed by atoms with Crippen LogP contribution in [0.3, 0.4) is 0 Å². The highest BCUT2D eigenvalue weighted by molar-refractivity contribution is 5.55. The molecule has 0 aliphatic rings. The van der Waals surface area contributed by atoms with E-state index in [1.54, 1.807) is 23.1 Å². The third kappa shape index (κ3) is 16.9. The molecule has 0 N–H and O–H groups in total. The second kappa shape index (κ2) is 25.9. The lowest BCUT2D eigenvalue weighted by Gasteiger charge is -2.26. The molecule has 1 amide bonds. The number of hydrogen-bond acceptors (Lipinski definition) is 2. The average Bonchev–Trinajstić information content (AvgIpc) is 2.72. The highest BCUT2D eigenvalue weighted by atomic mass is 16.1. The van der Waals surface area contributed by atoms with Crippen LogP contribution < -0.4 is 0 Å². The van der Waals surface area contributed by atoms with Gasteiger partial charge < -0.3 is 9.80 Å². The molecule has 0 aromatic heterocycles. The van der Waals surface area contributed by atoms with Crippen LogP contribution in [0.1, 0.15) is 61.8 Å². The van der Waals surface area contributed by atoms with Gasteiger partial charge in [-0.25, -0.2) is 0 Å². The van der Waals surface area contributed by atoms with Gasteiger partial charge in [-0.2, -0.15) is 0 Å². The fraction of sp³-hybridized carbons (Fsp3) is 0.458. The van der Waals surface area contributed by atoms with Crippen LogP contribution in [0.2, 0.25) is 0 Å². The predicted octanol–water partition coefficient (Wildman–Crippen LogP) is 7.09. The largest absolute Gasteiger partial charge is 0.353 e. The van der Waals surface area contributed by atoms with Crippen molar-refractivity contribution in [1.29, 1.82) is 0 Å². The number of carbonyl (C=O) groups is 1. The first-order chi connectivity index (χ1) is 13.0. The van der Waals surface area contributed by atoms with Crippen molar-refractivity contribution in [2.24, 2.45) is 0 Å². The van der Waals surface area contributed by atoms with Crippen molar-refractivity contribution in [1.82, 2.24) is 9.80 Å². The van der Waals surface area contributed by atoms with E-state index in [-0.39, 0.29) is 0 Å². The predicted molar refractivity (Wildman–Crippen MR) is 125 cm³/mol. The van der Waals surface area contributed by atoms with Crippen LogP contribution in [0.5, 0.6) is 0 Å². The Kier molecular flexibility index (Phi) is 31.1. The van der Waals surface area contributed by atoms with Crippen LogP contribution in [0.25, 0.3) is 0 Å². The van der Waals surface area contributed by atoms with Crippen LogP contribution in [0, 0.1) is 0 Å². The van der Waals surface area contributed by atoms with E-state index in [9.17, 15) is 4.79 Å². The number of likely N-dealkylation sites (N-methyl/N-ethyl adjacent to an activating group) is 1. The maximum absolute atomic E-state index is 11.4.